The summed E-state index contributed by atoms with van der Waals surface area (Å²) in [6, 6.07) is 14.0. The Balaban J connectivity index is 1.88. The molecule has 1 heterocycles. The number of aromatic nitrogens is 2. The summed E-state index contributed by atoms with van der Waals surface area (Å²) < 4.78 is 41.4. The van der Waals surface area contributed by atoms with Gasteiger partial charge in [-0.2, -0.15) is 5.10 Å². The lowest BCUT2D eigenvalue weighted by Crippen LogP contribution is -2.15. The van der Waals surface area contributed by atoms with Gasteiger partial charge in [-0.3, -0.25) is 9.40 Å². The summed E-state index contributed by atoms with van der Waals surface area (Å²) in [6.07, 6.45) is 0. The van der Waals surface area contributed by atoms with Gasteiger partial charge >= 0.3 is 0 Å². The lowest BCUT2D eigenvalue weighted by Gasteiger charge is -2.14. The lowest BCUT2D eigenvalue weighted by molar-refractivity contribution is 0.339. The zero-order valence-corrected chi connectivity index (χ0v) is 17.1. The highest BCUT2D eigenvalue weighted by Crippen LogP contribution is 2.32. The van der Waals surface area contributed by atoms with Crippen molar-refractivity contribution in [3.05, 3.63) is 59.9 Å². The zero-order chi connectivity index (χ0) is 20.3. The Bertz CT molecular complexity index is 1070. The summed E-state index contributed by atoms with van der Waals surface area (Å²) in [5.41, 5.74) is 1.35. The van der Waals surface area contributed by atoms with Crippen molar-refractivity contribution in [1.29, 1.82) is 0 Å². The smallest absolute Gasteiger partial charge is 0.265 e. The third-order valence-corrected chi connectivity index (χ3v) is 5.82. The normalized spacial score (nSPS) is 11.3. The Morgan fingerprint density at radius 1 is 1.04 bits per heavy atom. The standard InChI is InChI=1S/C20H23N3O4S/c1-5-26-16-10-12-17(13-11-16)27-19-9-7-6-8-18(19)22-28(24,25)20-14(2)21-23(4)15(20)3/h6-13,22H,5H2,1-4H3. The highest BCUT2D eigenvalue weighted by atomic mass is 32.2. The molecule has 7 nitrogen and oxygen atoms in total. The second-order valence-corrected chi connectivity index (χ2v) is 7.85. The largest absolute Gasteiger partial charge is 0.494 e. The SMILES string of the molecule is CCOc1ccc(Oc2ccccc2NS(=O)(=O)c2c(C)nn(C)c2C)cc1. The van der Waals surface area contributed by atoms with Crippen LogP contribution in [0.4, 0.5) is 5.69 Å². The van der Waals surface area contributed by atoms with Gasteiger partial charge in [0.25, 0.3) is 10.0 Å². The Morgan fingerprint density at radius 3 is 2.29 bits per heavy atom. The predicted molar refractivity (Wildman–Crippen MR) is 108 cm³/mol. The minimum Gasteiger partial charge on any atom is -0.494 e. The molecule has 8 heteroatoms. The zero-order valence-electron chi connectivity index (χ0n) is 16.3. The summed E-state index contributed by atoms with van der Waals surface area (Å²) in [5.74, 6) is 1.71. The lowest BCUT2D eigenvalue weighted by atomic mass is 10.3. The van der Waals surface area contributed by atoms with Crippen LogP contribution in [0, 0.1) is 13.8 Å². The first-order valence-corrected chi connectivity index (χ1v) is 10.3. The molecule has 0 aliphatic heterocycles. The molecule has 3 rings (SSSR count). The van der Waals surface area contributed by atoms with E-state index < -0.39 is 10.0 Å². The van der Waals surface area contributed by atoms with E-state index in [1.165, 1.54) is 0 Å². The summed E-state index contributed by atoms with van der Waals surface area (Å²) >= 11 is 0. The molecule has 0 saturated heterocycles. The van der Waals surface area contributed by atoms with E-state index in [1.807, 2.05) is 6.92 Å². The third-order valence-electron chi connectivity index (χ3n) is 4.21. The molecule has 148 valence electrons. The Hall–Kier alpha value is -3.00. The van der Waals surface area contributed by atoms with Crippen LogP contribution in [0.15, 0.2) is 53.4 Å². The van der Waals surface area contributed by atoms with E-state index in [2.05, 4.69) is 9.82 Å². The monoisotopic (exact) mass is 401 g/mol. The van der Waals surface area contributed by atoms with E-state index >= 15 is 0 Å². The van der Waals surface area contributed by atoms with Crippen molar-refractivity contribution in [2.75, 3.05) is 11.3 Å². The van der Waals surface area contributed by atoms with Crippen LogP contribution in [0.5, 0.6) is 17.2 Å². The van der Waals surface area contributed by atoms with E-state index in [-0.39, 0.29) is 4.90 Å². The predicted octanol–water partition coefficient (Wildman–Crippen LogP) is 4.03. The van der Waals surface area contributed by atoms with Gasteiger partial charge in [-0.25, -0.2) is 8.42 Å². The molecule has 0 unspecified atom stereocenters. The molecule has 0 saturated carbocycles. The van der Waals surface area contributed by atoms with Crippen molar-refractivity contribution in [2.45, 2.75) is 25.7 Å². The maximum absolute atomic E-state index is 12.9. The molecule has 1 aromatic heterocycles. The van der Waals surface area contributed by atoms with E-state index in [0.29, 0.717) is 35.2 Å². The first kappa shape index (κ1) is 19.8. The summed E-state index contributed by atoms with van der Waals surface area (Å²) in [4.78, 5) is 0.172. The number of hydrogen-bond donors (Lipinski definition) is 1. The van der Waals surface area contributed by atoms with Gasteiger partial charge in [0, 0.05) is 7.05 Å². The van der Waals surface area contributed by atoms with Crippen molar-refractivity contribution in [1.82, 2.24) is 9.78 Å². The fraction of sp³-hybridized carbons (Fsp3) is 0.250. The van der Waals surface area contributed by atoms with E-state index in [0.717, 1.165) is 5.75 Å². The van der Waals surface area contributed by atoms with Crippen LogP contribution in [0.2, 0.25) is 0 Å². The molecular formula is C20H23N3O4S. The summed E-state index contributed by atoms with van der Waals surface area (Å²) in [5, 5.41) is 4.19. The van der Waals surface area contributed by atoms with Gasteiger partial charge in [-0.15, -0.1) is 0 Å². The molecule has 0 atom stereocenters. The average Bonchev–Trinajstić information content (AvgIpc) is 2.91. The number of ether oxygens (including phenoxy) is 2. The summed E-state index contributed by atoms with van der Waals surface area (Å²) in [7, 11) is -2.10. The number of nitrogens with one attached hydrogen (secondary N) is 1. The number of nitrogens with zero attached hydrogens (tertiary/aromatic N) is 2. The maximum Gasteiger partial charge on any atom is 0.265 e. The topological polar surface area (TPSA) is 82.4 Å². The van der Waals surface area contributed by atoms with Crippen LogP contribution in [-0.2, 0) is 17.1 Å². The second kappa shape index (κ2) is 7.93. The Labute approximate surface area is 165 Å². The van der Waals surface area contributed by atoms with Crippen LogP contribution in [-0.4, -0.2) is 24.8 Å². The second-order valence-electron chi connectivity index (χ2n) is 6.23. The number of aryl methyl sites for hydroxylation is 2. The van der Waals surface area contributed by atoms with Crippen LogP contribution in [0.25, 0.3) is 0 Å². The molecule has 0 radical (unpaired) electrons. The number of sulfonamides is 1. The third kappa shape index (κ3) is 4.12. The van der Waals surface area contributed by atoms with Crippen LogP contribution >= 0.6 is 0 Å². The van der Waals surface area contributed by atoms with E-state index in [1.54, 1.807) is 74.1 Å². The van der Waals surface area contributed by atoms with Crippen molar-refractivity contribution in [3.8, 4) is 17.2 Å². The molecule has 3 aromatic rings. The molecule has 0 aliphatic carbocycles. The molecule has 1 N–H and O–H groups in total. The molecule has 2 aromatic carbocycles. The van der Waals surface area contributed by atoms with Gasteiger partial charge in [0.1, 0.15) is 16.4 Å². The molecule has 0 aliphatic rings. The van der Waals surface area contributed by atoms with Gasteiger partial charge in [0.15, 0.2) is 5.75 Å². The Kier molecular flexibility index (Phi) is 5.60. The van der Waals surface area contributed by atoms with Gasteiger partial charge in [-0.05, 0) is 57.2 Å². The molecule has 0 amide bonds. The number of para-hydroxylation sites is 2. The Morgan fingerprint density at radius 2 is 1.68 bits per heavy atom. The highest BCUT2D eigenvalue weighted by molar-refractivity contribution is 7.92. The molecule has 28 heavy (non-hydrogen) atoms. The minimum atomic E-state index is -3.82. The number of benzene rings is 2. The quantitative estimate of drug-likeness (QED) is 0.646. The van der Waals surface area contributed by atoms with Gasteiger partial charge in [-0.1, -0.05) is 12.1 Å². The van der Waals surface area contributed by atoms with Crippen LogP contribution in [0.3, 0.4) is 0 Å². The number of rotatable bonds is 7. The summed E-state index contributed by atoms with van der Waals surface area (Å²) in [6.45, 7) is 5.89. The van der Waals surface area contributed by atoms with Crippen LogP contribution in [0.1, 0.15) is 18.3 Å². The highest BCUT2D eigenvalue weighted by Gasteiger charge is 2.25. The average molecular weight is 401 g/mol. The fourth-order valence-electron chi connectivity index (χ4n) is 2.88. The molecule has 0 bridgehead atoms. The van der Waals surface area contributed by atoms with E-state index in [9.17, 15) is 8.42 Å². The van der Waals surface area contributed by atoms with Crippen LogP contribution < -0.4 is 14.2 Å². The molecular weight excluding hydrogens is 378 g/mol. The van der Waals surface area contributed by atoms with Crippen molar-refractivity contribution < 1.29 is 17.9 Å². The maximum atomic E-state index is 12.9. The molecule has 0 spiro atoms. The van der Waals surface area contributed by atoms with Crippen molar-refractivity contribution in [2.24, 2.45) is 7.05 Å². The molecule has 0 fully saturated rings. The van der Waals surface area contributed by atoms with Gasteiger partial charge in [0.05, 0.1) is 23.7 Å². The number of hydrogen-bond acceptors (Lipinski definition) is 5. The minimum absolute atomic E-state index is 0.172. The van der Waals surface area contributed by atoms with Crippen molar-refractivity contribution in [3.63, 3.8) is 0 Å². The fourth-order valence-corrected chi connectivity index (χ4v) is 4.39. The van der Waals surface area contributed by atoms with Gasteiger partial charge in [0.2, 0.25) is 0 Å². The number of anilines is 1. The first-order chi connectivity index (χ1) is 13.3. The first-order valence-electron chi connectivity index (χ1n) is 8.84. The van der Waals surface area contributed by atoms with Crippen molar-refractivity contribution >= 4 is 15.7 Å². The van der Waals surface area contributed by atoms with Gasteiger partial charge < -0.3 is 9.47 Å². The van der Waals surface area contributed by atoms with E-state index in [4.69, 9.17) is 9.47 Å².